The molecule has 0 radical (unpaired) electrons. The van der Waals surface area contributed by atoms with Gasteiger partial charge >= 0.3 is 0 Å². The van der Waals surface area contributed by atoms with Crippen molar-refractivity contribution in [2.75, 3.05) is 6.54 Å². The maximum absolute atomic E-state index is 11.3. The smallest absolute Gasteiger partial charge is 0.237 e. The molecule has 0 heterocycles. The maximum atomic E-state index is 11.3. The second kappa shape index (κ2) is 6.50. The number of carbonyl (C=O) groups excluding carboxylic acids is 1. The highest BCUT2D eigenvalue weighted by Gasteiger charge is 2.18. The lowest BCUT2D eigenvalue weighted by molar-refractivity contribution is -0.123. The van der Waals surface area contributed by atoms with Gasteiger partial charge in [0.05, 0.1) is 12.6 Å². The molecule has 0 spiro atoms. The fourth-order valence-electron chi connectivity index (χ4n) is 0.850. The van der Waals surface area contributed by atoms with Gasteiger partial charge in [0.1, 0.15) is 0 Å². The van der Waals surface area contributed by atoms with Crippen LogP contribution in [0.2, 0.25) is 0 Å². The molecule has 1 amide bonds. The molecule has 2 atom stereocenters. The molecule has 13 heavy (non-hydrogen) atoms. The van der Waals surface area contributed by atoms with Crippen molar-refractivity contribution in [3.05, 3.63) is 0 Å². The molecule has 0 bridgehead atoms. The van der Waals surface area contributed by atoms with E-state index in [1.54, 1.807) is 6.92 Å². The summed E-state index contributed by atoms with van der Waals surface area (Å²) in [7, 11) is 0. The van der Waals surface area contributed by atoms with E-state index in [4.69, 9.17) is 5.73 Å². The van der Waals surface area contributed by atoms with Gasteiger partial charge in [-0.15, -0.1) is 5.92 Å². The van der Waals surface area contributed by atoms with Crippen molar-refractivity contribution in [3.8, 4) is 11.8 Å². The van der Waals surface area contributed by atoms with Crippen LogP contribution in [0.5, 0.6) is 0 Å². The lowest BCUT2D eigenvalue weighted by Crippen LogP contribution is -2.44. The van der Waals surface area contributed by atoms with Crippen molar-refractivity contribution in [2.45, 2.75) is 33.2 Å². The first-order valence-electron chi connectivity index (χ1n) is 4.56. The molecule has 0 aliphatic heterocycles. The van der Waals surface area contributed by atoms with E-state index in [0.29, 0.717) is 6.54 Å². The summed E-state index contributed by atoms with van der Waals surface area (Å²) in [5.74, 6) is 5.56. The molecule has 0 aromatic rings. The average Bonchev–Trinajstić information content (AvgIpc) is 2.15. The molecule has 0 fully saturated rings. The maximum Gasteiger partial charge on any atom is 0.237 e. The Kier molecular flexibility index (Phi) is 5.99. The van der Waals surface area contributed by atoms with Gasteiger partial charge in [-0.05, 0) is 12.8 Å². The quantitative estimate of drug-likeness (QED) is 0.622. The summed E-state index contributed by atoms with van der Waals surface area (Å²) in [5, 5.41) is 2.66. The third-order valence-corrected chi connectivity index (χ3v) is 2.09. The number of nitrogens with one attached hydrogen (secondary N) is 1. The second-order valence-electron chi connectivity index (χ2n) is 3.06. The van der Waals surface area contributed by atoms with E-state index in [2.05, 4.69) is 17.2 Å². The molecule has 0 aliphatic carbocycles. The van der Waals surface area contributed by atoms with Crippen molar-refractivity contribution < 1.29 is 4.79 Å². The van der Waals surface area contributed by atoms with Crippen LogP contribution in [-0.2, 0) is 4.79 Å². The molecule has 0 aromatic heterocycles. The molecule has 3 N–H and O–H groups in total. The first-order chi connectivity index (χ1) is 6.13. The first kappa shape index (κ1) is 12.0. The summed E-state index contributed by atoms with van der Waals surface area (Å²) >= 11 is 0. The van der Waals surface area contributed by atoms with E-state index < -0.39 is 6.04 Å². The summed E-state index contributed by atoms with van der Waals surface area (Å²) in [4.78, 5) is 11.3. The summed E-state index contributed by atoms with van der Waals surface area (Å²) < 4.78 is 0. The van der Waals surface area contributed by atoms with Crippen LogP contribution in [0.3, 0.4) is 0 Å². The van der Waals surface area contributed by atoms with Crippen molar-refractivity contribution in [2.24, 2.45) is 11.7 Å². The zero-order valence-electron chi connectivity index (χ0n) is 8.55. The molecule has 0 rings (SSSR count). The van der Waals surface area contributed by atoms with E-state index in [0.717, 1.165) is 6.42 Å². The van der Waals surface area contributed by atoms with Crippen molar-refractivity contribution in [1.29, 1.82) is 0 Å². The van der Waals surface area contributed by atoms with Crippen molar-refractivity contribution >= 4 is 5.91 Å². The lowest BCUT2D eigenvalue weighted by Gasteiger charge is -2.16. The molecule has 0 aliphatic rings. The van der Waals surface area contributed by atoms with Gasteiger partial charge < -0.3 is 11.1 Å². The number of amides is 1. The fourth-order valence-corrected chi connectivity index (χ4v) is 0.850. The Labute approximate surface area is 80.1 Å². The predicted octanol–water partition coefficient (Wildman–Crippen LogP) is 0.499. The summed E-state index contributed by atoms with van der Waals surface area (Å²) in [5.41, 5.74) is 5.69. The Bertz CT molecular complexity index is 215. The highest BCUT2D eigenvalue weighted by molar-refractivity contribution is 5.81. The Morgan fingerprint density at radius 3 is 2.69 bits per heavy atom. The second-order valence-corrected chi connectivity index (χ2v) is 3.06. The minimum absolute atomic E-state index is 0.114. The van der Waals surface area contributed by atoms with Crippen LogP contribution < -0.4 is 11.1 Å². The van der Waals surface area contributed by atoms with Crippen LogP contribution in [0.4, 0.5) is 0 Å². The first-order valence-corrected chi connectivity index (χ1v) is 4.56. The van der Waals surface area contributed by atoms with E-state index >= 15 is 0 Å². The summed E-state index contributed by atoms with van der Waals surface area (Å²) in [6.45, 7) is 6.11. The molecule has 0 unspecified atom stereocenters. The number of rotatable bonds is 4. The number of carbonyl (C=O) groups is 1. The highest BCUT2D eigenvalue weighted by atomic mass is 16.2. The fraction of sp³-hybridized carbons (Fsp3) is 0.700. The number of nitrogens with two attached hydrogens (primary N) is 1. The minimum Gasteiger partial charge on any atom is -0.344 e. The monoisotopic (exact) mass is 182 g/mol. The molecule has 3 nitrogen and oxygen atoms in total. The summed E-state index contributed by atoms with van der Waals surface area (Å²) in [6, 6.07) is -0.413. The van der Waals surface area contributed by atoms with Gasteiger partial charge in [-0.2, -0.15) is 0 Å². The standard InChI is InChI=1S/C10H18N2O/c1-4-6-7-12-10(13)9(11)8(3)5-2/h8-9H,5,7,11H2,1-3H3,(H,12,13)/t8-,9-/m0/s1. The minimum atomic E-state index is -0.413. The van der Waals surface area contributed by atoms with Gasteiger partial charge in [0.2, 0.25) is 5.91 Å². The molecule has 0 saturated heterocycles. The number of hydrogen-bond acceptors (Lipinski definition) is 2. The normalized spacial score (nSPS) is 13.8. The van der Waals surface area contributed by atoms with Gasteiger partial charge in [0.25, 0.3) is 0 Å². The Morgan fingerprint density at radius 1 is 1.62 bits per heavy atom. The molecule has 3 heteroatoms. The number of hydrogen-bond donors (Lipinski definition) is 2. The van der Waals surface area contributed by atoms with Crippen LogP contribution in [-0.4, -0.2) is 18.5 Å². The summed E-state index contributed by atoms with van der Waals surface area (Å²) in [6.07, 6.45) is 0.911. The van der Waals surface area contributed by atoms with Gasteiger partial charge in [-0.25, -0.2) is 0 Å². The van der Waals surface area contributed by atoms with Crippen LogP contribution in [0, 0.1) is 17.8 Å². The van der Waals surface area contributed by atoms with E-state index in [9.17, 15) is 4.79 Å². The van der Waals surface area contributed by atoms with Gasteiger partial charge in [0, 0.05) is 0 Å². The van der Waals surface area contributed by atoms with Crippen molar-refractivity contribution in [3.63, 3.8) is 0 Å². The molecule has 0 saturated carbocycles. The van der Waals surface area contributed by atoms with Crippen molar-refractivity contribution in [1.82, 2.24) is 5.32 Å². The Hall–Kier alpha value is -1.01. The third-order valence-electron chi connectivity index (χ3n) is 2.09. The van der Waals surface area contributed by atoms with Gasteiger partial charge in [0.15, 0.2) is 0 Å². The highest BCUT2D eigenvalue weighted by Crippen LogP contribution is 2.04. The Balaban J connectivity index is 3.86. The van der Waals surface area contributed by atoms with E-state index in [1.165, 1.54) is 0 Å². The third kappa shape index (κ3) is 4.54. The molecule has 74 valence electrons. The molecular weight excluding hydrogens is 164 g/mol. The largest absolute Gasteiger partial charge is 0.344 e. The molecular formula is C10H18N2O. The Morgan fingerprint density at radius 2 is 2.23 bits per heavy atom. The van der Waals surface area contributed by atoms with Crippen LogP contribution >= 0.6 is 0 Å². The zero-order valence-corrected chi connectivity index (χ0v) is 8.55. The van der Waals surface area contributed by atoms with E-state index in [-0.39, 0.29) is 11.8 Å². The van der Waals surface area contributed by atoms with E-state index in [1.807, 2.05) is 13.8 Å². The van der Waals surface area contributed by atoms with Gasteiger partial charge in [-0.3, -0.25) is 4.79 Å². The van der Waals surface area contributed by atoms with Gasteiger partial charge in [-0.1, -0.05) is 26.2 Å². The lowest BCUT2D eigenvalue weighted by atomic mass is 9.99. The average molecular weight is 182 g/mol. The van der Waals surface area contributed by atoms with Crippen LogP contribution in [0.15, 0.2) is 0 Å². The topological polar surface area (TPSA) is 55.1 Å². The zero-order chi connectivity index (χ0) is 10.3. The van der Waals surface area contributed by atoms with Crippen LogP contribution in [0.1, 0.15) is 27.2 Å². The van der Waals surface area contributed by atoms with Crippen LogP contribution in [0.25, 0.3) is 0 Å². The predicted molar refractivity (Wildman–Crippen MR) is 53.9 cm³/mol. The molecule has 0 aromatic carbocycles. The SMILES string of the molecule is CC#CCNC(=O)[C@@H](N)[C@@H](C)CC.